The molecule has 1 aliphatic rings. The van der Waals surface area contributed by atoms with E-state index in [0.29, 0.717) is 6.10 Å². The first-order valence-corrected chi connectivity index (χ1v) is 7.25. The molecule has 0 radical (unpaired) electrons. The number of methoxy groups -OCH3 is 1. The van der Waals surface area contributed by atoms with Crippen molar-refractivity contribution >= 4 is 17.4 Å². The van der Waals surface area contributed by atoms with Gasteiger partial charge in [0.1, 0.15) is 5.82 Å². The van der Waals surface area contributed by atoms with Gasteiger partial charge in [-0.15, -0.1) is 0 Å². The van der Waals surface area contributed by atoms with Gasteiger partial charge in [-0.3, -0.25) is 0 Å². The van der Waals surface area contributed by atoms with E-state index in [-0.39, 0.29) is 0 Å². The van der Waals surface area contributed by atoms with E-state index in [9.17, 15) is 0 Å². The Balaban J connectivity index is 1.99. The third-order valence-electron chi connectivity index (χ3n) is 3.41. The van der Waals surface area contributed by atoms with Crippen LogP contribution in [-0.2, 0) is 11.3 Å². The lowest BCUT2D eigenvalue weighted by Gasteiger charge is -2.19. The first-order valence-electron chi connectivity index (χ1n) is 6.87. The van der Waals surface area contributed by atoms with Crippen LogP contribution in [0.2, 0.25) is 5.02 Å². The average molecular weight is 284 g/mol. The fourth-order valence-electron chi connectivity index (χ4n) is 2.32. The van der Waals surface area contributed by atoms with E-state index in [0.717, 1.165) is 55.4 Å². The molecule has 106 valence electrons. The van der Waals surface area contributed by atoms with E-state index in [1.54, 1.807) is 7.11 Å². The van der Waals surface area contributed by atoms with Crippen LogP contribution in [0.15, 0.2) is 12.3 Å². The monoisotopic (exact) mass is 283 g/mol. The summed E-state index contributed by atoms with van der Waals surface area (Å²) in [4.78, 5) is 6.70. The maximum absolute atomic E-state index is 6.34. The van der Waals surface area contributed by atoms with Crippen LogP contribution in [0.25, 0.3) is 0 Å². The quantitative estimate of drug-likeness (QED) is 0.814. The Bertz CT molecular complexity index is 414. The third kappa shape index (κ3) is 3.81. The second-order valence-electron chi connectivity index (χ2n) is 4.92. The Labute approximate surface area is 120 Å². The largest absolute Gasteiger partial charge is 0.380 e. The summed E-state index contributed by atoms with van der Waals surface area (Å²) in [5.41, 5.74) is 1.13. The van der Waals surface area contributed by atoms with E-state index in [1.807, 2.05) is 12.3 Å². The topological polar surface area (TPSA) is 37.4 Å². The maximum atomic E-state index is 6.34. The molecule has 1 aliphatic heterocycles. The van der Waals surface area contributed by atoms with E-state index < -0.39 is 0 Å². The van der Waals surface area contributed by atoms with Crippen LogP contribution in [0, 0.1) is 0 Å². The van der Waals surface area contributed by atoms with Crippen LogP contribution >= 0.6 is 11.6 Å². The number of nitrogens with zero attached hydrogens (tertiary/aromatic N) is 2. The average Bonchev–Trinajstić information content (AvgIpc) is 2.88. The molecule has 1 aromatic rings. The number of halogens is 1. The number of hydrogen-bond acceptors (Lipinski definition) is 4. The van der Waals surface area contributed by atoms with Crippen molar-refractivity contribution in [3.63, 3.8) is 0 Å². The van der Waals surface area contributed by atoms with Crippen molar-refractivity contribution in [3.05, 3.63) is 22.8 Å². The van der Waals surface area contributed by atoms with Gasteiger partial charge < -0.3 is 15.0 Å². The van der Waals surface area contributed by atoms with Gasteiger partial charge in [0.05, 0.1) is 11.1 Å². The Morgan fingerprint density at radius 1 is 1.58 bits per heavy atom. The standard InChI is InChI=1S/C14H22ClN3O/c1-3-5-16-8-11-7-13(15)14(17-9-11)18-6-4-12(10-18)19-2/h7,9,12,16H,3-6,8,10H2,1-2H3. The van der Waals surface area contributed by atoms with Crippen LogP contribution in [-0.4, -0.2) is 37.8 Å². The van der Waals surface area contributed by atoms with Gasteiger partial charge in [0.2, 0.25) is 0 Å². The molecule has 1 atom stereocenters. The normalized spacial score (nSPS) is 19.1. The smallest absolute Gasteiger partial charge is 0.147 e. The Kier molecular flexibility index (Phi) is 5.43. The predicted molar refractivity (Wildman–Crippen MR) is 78.9 cm³/mol. The molecule has 1 unspecified atom stereocenters. The van der Waals surface area contributed by atoms with Gasteiger partial charge in [-0.05, 0) is 31.0 Å². The molecule has 5 heteroatoms. The molecule has 0 spiro atoms. The Morgan fingerprint density at radius 3 is 3.05 bits per heavy atom. The highest BCUT2D eigenvalue weighted by Crippen LogP contribution is 2.27. The van der Waals surface area contributed by atoms with Gasteiger partial charge in [0.25, 0.3) is 0 Å². The Morgan fingerprint density at radius 2 is 2.42 bits per heavy atom. The molecular formula is C14H22ClN3O. The lowest BCUT2D eigenvalue weighted by Crippen LogP contribution is -2.23. The van der Waals surface area contributed by atoms with Crippen molar-refractivity contribution in [2.24, 2.45) is 0 Å². The van der Waals surface area contributed by atoms with Crippen molar-refractivity contribution in [2.45, 2.75) is 32.4 Å². The predicted octanol–water partition coefficient (Wildman–Crippen LogP) is 2.46. The van der Waals surface area contributed by atoms with Crippen LogP contribution in [0.1, 0.15) is 25.3 Å². The van der Waals surface area contributed by atoms with E-state index in [4.69, 9.17) is 16.3 Å². The van der Waals surface area contributed by atoms with Crippen molar-refractivity contribution in [2.75, 3.05) is 31.6 Å². The van der Waals surface area contributed by atoms with Gasteiger partial charge in [0.15, 0.2) is 0 Å². The number of hydrogen-bond donors (Lipinski definition) is 1. The minimum Gasteiger partial charge on any atom is -0.380 e. The molecule has 1 saturated heterocycles. The van der Waals surface area contributed by atoms with Gasteiger partial charge in [0, 0.05) is 32.9 Å². The number of nitrogens with one attached hydrogen (secondary N) is 1. The molecule has 0 aliphatic carbocycles. The molecule has 4 nitrogen and oxygen atoms in total. The van der Waals surface area contributed by atoms with Crippen LogP contribution in [0.4, 0.5) is 5.82 Å². The summed E-state index contributed by atoms with van der Waals surface area (Å²) in [6.45, 7) is 5.82. The fourth-order valence-corrected chi connectivity index (χ4v) is 2.63. The molecule has 1 fully saturated rings. The highest BCUT2D eigenvalue weighted by molar-refractivity contribution is 6.33. The molecule has 1 N–H and O–H groups in total. The SMILES string of the molecule is CCCNCc1cnc(N2CCC(OC)C2)c(Cl)c1. The second kappa shape index (κ2) is 7.08. The van der Waals surface area contributed by atoms with Gasteiger partial charge in [-0.2, -0.15) is 0 Å². The van der Waals surface area contributed by atoms with E-state index in [2.05, 4.69) is 22.1 Å². The minimum atomic E-state index is 0.295. The lowest BCUT2D eigenvalue weighted by atomic mass is 10.2. The molecular weight excluding hydrogens is 262 g/mol. The molecule has 0 saturated carbocycles. The maximum Gasteiger partial charge on any atom is 0.147 e. The fraction of sp³-hybridized carbons (Fsp3) is 0.643. The number of rotatable bonds is 6. The molecule has 1 aromatic heterocycles. The summed E-state index contributed by atoms with van der Waals surface area (Å²) in [5, 5.41) is 4.08. The highest BCUT2D eigenvalue weighted by atomic mass is 35.5. The summed E-state index contributed by atoms with van der Waals surface area (Å²) in [6, 6.07) is 2.01. The molecule has 0 amide bonds. The first-order chi connectivity index (χ1) is 9.24. The minimum absolute atomic E-state index is 0.295. The zero-order valence-electron chi connectivity index (χ0n) is 11.7. The van der Waals surface area contributed by atoms with Crippen molar-refractivity contribution in [1.82, 2.24) is 10.3 Å². The van der Waals surface area contributed by atoms with E-state index >= 15 is 0 Å². The number of ether oxygens (including phenoxy) is 1. The third-order valence-corrected chi connectivity index (χ3v) is 3.69. The van der Waals surface area contributed by atoms with Gasteiger partial charge in [-0.1, -0.05) is 18.5 Å². The summed E-state index contributed by atoms with van der Waals surface area (Å²) >= 11 is 6.34. The zero-order chi connectivity index (χ0) is 13.7. The van der Waals surface area contributed by atoms with E-state index in [1.165, 1.54) is 0 Å². The van der Waals surface area contributed by atoms with Gasteiger partial charge in [-0.25, -0.2) is 4.98 Å². The summed E-state index contributed by atoms with van der Waals surface area (Å²) < 4.78 is 5.37. The lowest BCUT2D eigenvalue weighted by molar-refractivity contribution is 0.121. The van der Waals surface area contributed by atoms with Crippen molar-refractivity contribution in [1.29, 1.82) is 0 Å². The van der Waals surface area contributed by atoms with Crippen LogP contribution in [0.5, 0.6) is 0 Å². The molecule has 2 heterocycles. The van der Waals surface area contributed by atoms with Crippen LogP contribution < -0.4 is 10.2 Å². The molecule has 2 rings (SSSR count). The van der Waals surface area contributed by atoms with Crippen LogP contribution in [0.3, 0.4) is 0 Å². The first kappa shape index (κ1) is 14.6. The van der Waals surface area contributed by atoms with Gasteiger partial charge >= 0.3 is 0 Å². The highest BCUT2D eigenvalue weighted by Gasteiger charge is 2.24. The molecule has 19 heavy (non-hydrogen) atoms. The number of aromatic nitrogens is 1. The number of anilines is 1. The summed E-state index contributed by atoms with van der Waals surface area (Å²) in [6.07, 6.45) is 4.37. The molecule has 0 aromatic carbocycles. The number of pyridine rings is 1. The summed E-state index contributed by atoms with van der Waals surface area (Å²) in [7, 11) is 1.76. The second-order valence-corrected chi connectivity index (χ2v) is 5.33. The van der Waals surface area contributed by atoms with Crippen molar-refractivity contribution < 1.29 is 4.74 Å². The summed E-state index contributed by atoms with van der Waals surface area (Å²) in [5.74, 6) is 0.875. The Hall–Kier alpha value is -0.840. The molecule has 0 bridgehead atoms. The van der Waals surface area contributed by atoms with Crippen molar-refractivity contribution in [3.8, 4) is 0 Å². The zero-order valence-corrected chi connectivity index (χ0v) is 12.4.